The lowest BCUT2D eigenvalue weighted by Gasteiger charge is -2.06. The Morgan fingerprint density at radius 1 is 1.53 bits per heavy atom. The van der Waals surface area contributed by atoms with Crippen molar-refractivity contribution in [3.63, 3.8) is 0 Å². The Hall–Kier alpha value is -1.62. The highest BCUT2D eigenvalue weighted by Crippen LogP contribution is 2.17. The Bertz CT molecular complexity index is 595. The first-order chi connectivity index (χ1) is 9.15. The highest BCUT2D eigenvalue weighted by molar-refractivity contribution is 6.16. The van der Waals surface area contributed by atoms with E-state index in [1.807, 2.05) is 17.6 Å². The van der Waals surface area contributed by atoms with E-state index in [4.69, 9.17) is 16.3 Å². The van der Waals surface area contributed by atoms with E-state index in [0.717, 1.165) is 22.6 Å². The summed E-state index contributed by atoms with van der Waals surface area (Å²) >= 11 is 5.89. The number of hydrogen-bond acceptors (Lipinski definition) is 4. The largest absolute Gasteiger partial charge is 0.466 e. The van der Waals surface area contributed by atoms with Gasteiger partial charge in [0.2, 0.25) is 0 Å². The molecule has 0 fully saturated rings. The molecule has 0 aromatic carbocycles. The summed E-state index contributed by atoms with van der Waals surface area (Å²) in [4.78, 5) is 20.2. The number of rotatable bonds is 5. The normalized spacial score (nSPS) is 10.9. The lowest BCUT2D eigenvalue weighted by atomic mass is 10.3. The quantitative estimate of drug-likeness (QED) is 0.624. The fraction of sp³-hybridized carbons (Fsp3) is 0.462. The van der Waals surface area contributed by atoms with Gasteiger partial charge in [-0.25, -0.2) is 9.97 Å². The standard InChI is InChI=1S/C13H16ClN3O2/c1-3-19-12(18)4-5-17-11(7-14)16-10-6-9(2)8-15-13(10)17/h6,8H,3-5,7H2,1-2H3. The molecule has 0 spiro atoms. The van der Waals surface area contributed by atoms with Gasteiger partial charge in [0.1, 0.15) is 11.3 Å². The Morgan fingerprint density at radius 2 is 2.32 bits per heavy atom. The second kappa shape index (κ2) is 6.02. The van der Waals surface area contributed by atoms with Gasteiger partial charge in [0.05, 0.1) is 18.9 Å². The van der Waals surface area contributed by atoms with Crippen LogP contribution in [0.1, 0.15) is 24.7 Å². The predicted molar refractivity (Wildman–Crippen MR) is 73.1 cm³/mol. The zero-order chi connectivity index (χ0) is 13.8. The van der Waals surface area contributed by atoms with Crippen molar-refractivity contribution in [2.75, 3.05) is 6.61 Å². The third-order valence-electron chi connectivity index (χ3n) is 2.77. The summed E-state index contributed by atoms with van der Waals surface area (Å²) in [7, 11) is 0. The number of carbonyl (C=O) groups excluding carboxylic acids is 1. The maximum Gasteiger partial charge on any atom is 0.307 e. The fourth-order valence-electron chi connectivity index (χ4n) is 1.93. The minimum absolute atomic E-state index is 0.225. The van der Waals surface area contributed by atoms with E-state index in [0.29, 0.717) is 19.6 Å². The van der Waals surface area contributed by atoms with Crippen LogP contribution in [0.15, 0.2) is 12.3 Å². The van der Waals surface area contributed by atoms with Crippen LogP contribution in [-0.4, -0.2) is 27.1 Å². The Balaban J connectivity index is 2.27. The number of carbonyl (C=O) groups is 1. The number of pyridine rings is 1. The molecule has 102 valence electrons. The van der Waals surface area contributed by atoms with Crippen molar-refractivity contribution in [3.8, 4) is 0 Å². The van der Waals surface area contributed by atoms with Gasteiger partial charge in [0.15, 0.2) is 5.65 Å². The summed E-state index contributed by atoms with van der Waals surface area (Å²) in [5.74, 6) is 0.786. The highest BCUT2D eigenvalue weighted by atomic mass is 35.5. The Labute approximate surface area is 116 Å². The summed E-state index contributed by atoms with van der Waals surface area (Å²) < 4.78 is 6.79. The third-order valence-corrected chi connectivity index (χ3v) is 3.00. The van der Waals surface area contributed by atoms with Gasteiger partial charge >= 0.3 is 5.97 Å². The molecule has 0 bridgehead atoms. The molecule has 2 rings (SSSR count). The average molecular weight is 282 g/mol. The molecule has 19 heavy (non-hydrogen) atoms. The minimum atomic E-state index is -0.225. The molecule has 2 heterocycles. The molecule has 6 heteroatoms. The van der Waals surface area contributed by atoms with Crippen LogP contribution in [0.3, 0.4) is 0 Å². The molecular formula is C13H16ClN3O2. The van der Waals surface area contributed by atoms with E-state index >= 15 is 0 Å². The molecule has 0 amide bonds. The van der Waals surface area contributed by atoms with Crippen molar-refractivity contribution in [1.82, 2.24) is 14.5 Å². The number of ether oxygens (including phenoxy) is 1. The molecular weight excluding hydrogens is 266 g/mol. The minimum Gasteiger partial charge on any atom is -0.466 e. The van der Waals surface area contributed by atoms with Crippen molar-refractivity contribution in [3.05, 3.63) is 23.7 Å². The molecule has 2 aromatic heterocycles. The maximum atomic E-state index is 11.4. The zero-order valence-corrected chi connectivity index (χ0v) is 11.8. The SMILES string of the molecule is CCOC(=O)CCn1c(CCl)nc2cc(C)cnc21. The van der Waals surface area contributed by atoms with Gasteiger partial charge in [-0.05, 0) is 25.5 Å². The van der Waals surface area contributed by atoms with Gasteiger partial charge in [0.25, 0.3) is 0 Å². The van der Waals surface area contributed by atoms with Crippen LogP contribution in [0.2, 0.25) is 0 Å². The number of nitrogens with zero attached hydrogens (tertiary/aromatic N) is 3. The number of imidazole rings is 1. The van der Waals surface area contributed by atoms with Crippen molar-refractivity contribution in [1.29, 1.82) is 0 Å². The number of fused-ring (bicyclic) bond motifs is 1. The molecule has 0 saturated heterocycles. The summed E-state index contributed by atoms with van der Waals surface area (Å²) in [5.41, 5.74) is 2.61. The number of alkyl halides is 1. The van der Waals surface area contributed by atoms with Crippen molar-refractivity contribution < 1.29 is 9.53 Å². The molecule has 0 atom stereocenters. The van der Waals surface area contributed by atoms with E-state index in [-0.39, 0.29) is 11.8 Å². The third kappa shape index (κ3) is 3.04. The number of aromatic nitrogens is 3. The van der Waals surface area contributed by atoms with Gasteiger partial charge in [-0.15, -0.1) is 11.6 Å². The zero-order valence-electron chi connectivity index (χ0n) is 11.0. The van der Waals surface area contributed by atoms with E-state index < -0.39 is 0 Å². The molecule has 0 aliphatic rings. The van der Waals surface area contributed by atoms with Crippen LogP contribution < -0.4 is 0 Å². The van der Waals surface area contributed by atoms with Crippen LogP contribution in [-0.2, 0) is 22.0 Å². The summed E-state index contributed by atoms with van der Waals surface area (Å²) in [6, 6.07) is 1.96. The molecule has 2 aromatic rings. The fourth-order valence-corrected chi connectivity index (χ4v) is 2.14. The number of esters is 1. The van der Waals surface area contributed by atoms with Crippen LogP contribution in [0, 0.1) is 6.92 Å². The summed E-state index contributed by atoms with van der Waals surface area (Å²) in [6.07, 6.45) is 2.07. The molecule has 0 aliphatic carbocycles. The lowest BCUT2D eigenvalue weighted by Crippen LogP contribution is -2.11. The van der Waals surface area contributed by atoms with Gasteiger partial charge < -0.3 is 9.30 Å². The first kappa shape index (κ1) is 13.8. The average Bonchev–Trinajstić information content (AvgIpc) is 2.73. The number of halogens is 1. The van der Waals surface area contributed by atoms with Gasteiger partial charge in [0, 0.05) is 12.7 Å². The Kier molecular flexibility index (Phi) is 4.37. The molecule has 0 saturated carbocycles. The molecule has 0 unspecified atom stereocenters. The predicted octanol–water partition coefficient (Wildman–Crippen LogP) is 2.43. The topological polar surface area (TPSA) is 57.0 Å². The van der Waals surface area contributed by atoms with Crippen LogP contribution in [0.25, 0.3) is 11.2 Å². The molecule has 0 N–H and O–H groups in total. The van der Waals surface area contributed by atoms with E-state index in [1.165, 1.54) is 0 Å². The number of hydrogen-bond donors (Lipinski definition) is 0. The molecule has 5 nitrogen and oxygen atoms in total. The van der Waals surface area contributed by atoms with E-state index in [2.05, 4.69) is 9.97 Å². The first-order valence-corrected chi connectivity index (χ1v) is 6.72. The second-order valence-electron chi connectivity index (χ2n) is 4.22. The first-order valence-electron chi connectivity index (χ1n) is 6.19. The van der Waals surface area contributed by atoms with Gasteiger partial charge in [-0.3, -0.25) is 4.79 Å². The molecule has 0 aliphatic heterocycles. The Morgan fingerprint density at radius 3 is 3.00 bits per heavy atom. The van der Waals surface area contributed by atoms with E-state index in [9.17, 15) is 4.79 Å². The van der Waals surface area contributed by atoms with Crippen LogP contribution in [0.5, 0.6) is 0 Å². The van der Waals surface area contributed by atoms with Crippen LogP contribution >= 0.6 is 11.6 Å². The molecule has 0 radical (unpaired) electrons. The van der Waals surface area contributed by atoms with Crippen molar-refractivity contribution in [2.24, 2.45) is 0 Å². The van der Waals surface area contributed by atoms with Crippen LogP contribution in [0.4, 0.5) is 0 Å². The summed E-state index contributed by atoms with van der Waals surface area (Å²) in [5, 5.41) is 0. The highest BCUT2D eigenvalue weighted by Gasteiger charge is 2.12. The van der Waals surface area contributed by atoms with Gasteiger partial charge in [-0.1, -0.05) is 0 Å². The monoisotopic (exact) mass is 281 g/mol. The lowest BCUT2D eigenvalue weighted by molar-refractivity contribution is -0.143. The van der Waals surface area contributed by atoms with Crippen molar-refractivity contribution in [2.45, 2.75) is 32.7 Å². The van der Waals surface area contributed by atoms with Gasteiger partial charge in [-0.2, -0.15) is 0 Å². The second-order valence-corrected chi connectivity index (χ2v) is 4.49. The smallest absolute Gasteiger partial charge is 0.307 e. The van der Waals surface area contributed by atoms with Crippen molar-refractivity contribution >= 4 is 28.7 Å². The maximum absolute atomic E-state index is 11.4. The number of aryl methyl sites for hydroxylation is 2. The summed E-state index contributed by atoms with van der Waals surface area (Å²) in [6.45, 7) is 4.63. The van der Waals surface area contributed by atoms with E-state index in [1.54, 1.807) is 13.1 Å².